The Morgan fingerprint density at radius 1 is 0.696 bits per heavy atom. The zero-order valence-corrected chi connectivity index (χ0v) is 41.0. The normalized spacial score (nSPS) is 12.6. The minimum absolute atomic E-state index is 0. The van der Waals surface area contributed by atoms with Gasteiger partial charge in [0.2, 0.25) is 13.6 Å². The number of aryl methyl sites for hydroxylation is 1. The predicted molar refractivity (Wildman–Crippen MR) is 228 cm³/mol. The summed E-state index contributed by atoms with van der Waals surface area (Å²) >= 11 is 5.42. The van der Waals surface area contributed by atoms with Crippen LogP contribution >= 0.6 is 56.0 Å². The minimum atomic E-state index is 0. The smallest absolute Gasteiger partial charge is 0.231 e. The molecule has 21 heteroatoms. The Morgan fingerprint density at radius 3 is 1.61 bits per heavy atom. The second-order valence-electron chi connectivity index (χ2n) is 13.0. The Bertz CT molecular complexity index is 2160. The van der Waals surface area contributed by atoms with Crippen molar-refractivity contribution in [3.63, 3.8) is 0 Å². The number of nitrogens with two attached hydrogens (primary N) is 2. The van der Waals surface area contributed by atoms with Gasteiger partial charge in [-0.15, -0.1) is 0 Å². The van der Waals surface area contributed by atoms with E-state index in [1.807, 2.05) is 31.2 Å². The van der Waals surface area contributed by atoms with Crippen LogP contribution in [0.1, 0.15) is 33.3 Å². The van der Waals surface area contributed by atoms with Crippen LogP contribution in [0, 0.1) is 41.6 Å². The van der Waals surface area contributed by atoms with Gasteiger partial charge in [-0.25, -0.2) is 29.9 Å². The van der Waals surface area contributed by atoms with Gasteiger partial charge in [-0.1, -0.05) is 51.2 Å². The van der Waals surface area contributed by atoms with E-state index in [-0.39, 0.29) is 54.6 Å². The number of benzene rings is 2. The Labute approximate surface area is 373 Å². The fourth-order valence-electron chi connectivity index (χ4n) is 5.67. The molecule has 4 aromatic heterocycles. The van der Waals surface area contributed by atoms with Crippen molar-refractivity contribution < 1.29 is 50.1 Å². The number of nitrogens with one attached hydrogen (secondary N) is 2. The molecule has 0 saturated carbocycles. The molecular formula is C35H44IN12O4PS2U. The summed E-state index contributed by atoms with van der Waals surface area (Å²) in [6, 6.07) is 8.77. The quantitative estimate of drug-likeness (QED) is 0.0879. The second kappa shape index (κ2) is 19.7. The van der Waals surface area contributed by atoms with E-state index in [2.05, 4.69) is 90.0 Å². The molecule has 6 N–H and O–H groups in total. The number of hydrogen-bond donors (Lipinski definition) is 4. The van der Waals surface area contributed by atoms with E-state index >= 15 is 0 Å². The Morgan fingerprint density at radius 2 is 1.12 bits per heavy atom. The third-order valence-corrected chi connectivity index (χ3v) is 11.8. The van der Waals surface area contributed by atoms with E-state index < -0.39 is 0 Å². The summed E-state index contributed by atoms with van der Waals surface area (Å²) in [5.41, 5.74) is 15.9. The van der Waals surface area contributed by atoms with E-state index in [4.69, 9.17) is 40.4 Å². The molecule has 0 saturated heterocycles. The molecule has 0 aliphatic carbocycles. The number of fused-ring (bicyclic) bond motifs is 4. The zero-order valence-electron chi connectivity index (χ0n) is 31.6. The monoisotopic (exact) mass is 1160 g/mol. The number of aromatic nitrogens is 8. The Hall–Kier alpha value is -2.83. The van der Waals surface area contributed by atoms with Crippen LogP contribution in [0.2, 0.25) is 0 Å². The third kappa shape index (κ3) is 10.1. The van der Waals surface area contributed by atoms with Gasteiger partial charge in [0.1, 0.15) is 12.7 Å². The van der Waals surface area contributed by atoms with Gasteiger partial charge in [-0.3, -0.25) is 0 Å². The van der Waals surface area contributed by atoms with Crippen LogP contribution in [0.25, 0.3) is 22.3 Å². The SMILES string of the molecule is CC(C)NCCn1c(Sc2cc3c(cc2I)OCO3)nc2c(N)ncnc21.Cc1cc2c(cc1Sc1nc3c(N)ncnc3n1CCNC(C)C)OCO2.P.[U]. The molecule has 0 fully saturated rings. The van der Waals surface area contributed by atoms with Crippen molar-refractivity contribution in [2.75, 3.05) is 38.1 Å². The maximum atomic E-state index is 6.02. The van der Waals surface area contributed by atoms with Crippen LogP contribution in [0.3, 0.4) is 0 Å². The topological polar surface area (TPSA) is 200 Å². The molecular weight excluding hydrogens is 1110 g/mol. The van der Waals surface area contributed by atoms with E-state index in [9.17, 15) is 0 Å². The summed E-state index contributed by atoms with van der Waals surface area (Å²) in [4.78, 5) is 28.5. The van der Waals surface area contributed by atoms with Crippen molar-refractivity contribution in [3.8, 4) is 23.0 Å². The van der Waals surface area contributed by atoms with Crippen molar-refractivity contribution in [2.45, 2.75) is 79.9 Å². The van der Waals surface area contributed by atoms with Gasteiger partial charge in [0.25, 0.3) is 0 Å². The number of anilines is 2. The average molecular weight is 1160 g/mol. The molecule has 0 bridgehead atoms. The number of rotatable bonds is 12. The summed E-state index contributed by atoms with van der Waals surface area (Å²) in [5.74, 6) is 3.83. The number of imidazole rings is 2. The van der Waals surface area contributed by atoms with Crippen molar-refractivity contribution >= 4 is 90.0 Å². The largest absolute Gasteiger partial charge is 0.454 e. The summed E-state index contributed by atoms with van der Waals surface area (Å²) in [6.45, 7) is 14.1. The van der Waals surface area contributed by atoms with Crippen LogP contribution in [0.5, 0.6) is 23.0 Å². The van der Waals surface area contributed by atoms with Gasteiger partial charge in [0.15, 0.2) is 67.3 Å². The van der Waals surface area contributed by atoms with Gasteiger partial charge in [0, 0.05) is 82.7 Å². The molecule has 2 aliphatic rings. The summed E-state index contributed by atoms with van der Waals surface area (Å²) in [7, 11) is 0. The van der Waals surface area contributed by atoms with E-state index in [0.717, 1.165) is 89.7 Å². The molecule has 16 nitrogen and oxygen atoms in total. The standard InChI is InChI=1S/C18H22N6O2S.C17H19IN6O2S.H3P.U/c1-10(2)20-4-5-24-17-15(16(19)21-8-22-17)23-18(24)27-14-7-13-12(6-11(14)3)25-9-26-13;1-9(2)20-3-4-24-16-14(15(19)21-7-22-16)23-17(24)27-13-6-12-11(5-10(13)18)25-8-26-12;;/h6-8,10,20H,4-5,9H2,1-3H3,(H2,19,21,22);5-7,9,20H,3-4,8H2,1-2H3,(H2,19,21,22);1H3;. The first-order valence-corrected chi connectivity index (χ1v) is 20.0. The van der Waals surface area contributed by atoms with Gasteiger partial charge in [-0.2, -0.15) is 9.90 Å². The average Bonchev–Trinajstić information content (AvgIpc) is 3.92. The molecule has 0 radical (unpaired) electrons. The molecule has 56 heavy (non-hydrogen) atoms. The van der Waals surface area contributed by atoms with Crippen LogP contribution in [0.4, 0.5) is 11.6 Å². The number of hydrogen-bond acceptors (Lipinski definition) is 16. The summed E-state index contributed by atoms with van der Waals surface area (Å²) in [5, 5.41) is 8.50. The molecule has 1 atom stereocenters. The van der Waals surface area contributed by atoms with Crippen molar-refractivity contribution in [1.29, 1.82) is 0 Å². The van der Waals surface area contributed by atoms with Crippen LogP contribution in [0.15, 0.2) is 57.0 Å². The predicted octanol–water partition coefficient (Wildman–Crippen LogP) is 5.54. The fourth-order valence-corrected chi connectivity index (χ4v) is 8.39. The van der Waals surface area contributed by atoms with Crippen molar-refractivity contribution in [2.24, 2.45) is 0 Å². The Balaban J connectivity index is 0.000000207. The van der Waals surface area contributed by atoms with Gasteiger partial charge < -0.3 is 50.2 Å². The zero-order chi connectivity index (χ0) is 37.9. The third-order valence-electron chi connectivity index (χ3n) is 8.33. The first-order valence-electron chi connectivity index (χ1n) is 17.3. The van der Waals surface area contributed by atoms with E-state index in [0.29, 0.717) is 34.8 Å². The first kappa shape index (κ1) is 44.3. The maximum absolute atomic E-state index is 6.02. The van der Waals surface area contributed by atoms with Crippen molar-refractivity contribution in [3.05, 3.63) is 46.1 Å². The molecule has 296 valence electrons. The molecule has 8 rings (SSSR count). The molecule has 6 heterocycles. The number of ether oxygens (including phenoxy) is 4. The molecule has 2 aromatic carbocycles. The first-order chi connectivity index (χ1) is 26.0. The van der Waals surface area contributed by atoms with E-state index in [1.54, 1.807) is 23.5 Å². The van der Waals surface area contributed by atoms with Crippen LogP contribution in [-0.4, -0.2) is 77.8 Å². The van der Waals surface area contributed by atoms with Gasteiger partial charge in [-0.05, 0) is 59.3 Å². The molecule has 0 amide bonds. The summed E-state index contributed by atoms with van der Waals surface area (Å²) < 4.78 is 27.2. The molecule has 6 aromatic rings. The Kier molecular flexibility index (Phi) is 15.6. The number of nitrogens with zero attached hydrogens (tertiary/aromatic N) is 8. The second-order valence-corrected chi connectivity index (χ2v) is 16.2. The van der Waals surface area contributed by atoms with Gasteiger partial charge >= 0.3 is 0 Å². The molecule has 1 unspecified atom stereocenters. The van der Waals surface area contributed by atoms with Crippen molar-refractivity contribution in [1.82, 2.24) is 49.7 Å². The minimum Gasteiger partial charge on any atom is -0.454 e. The summed E-state index contributed by atoms with van der Waals surface area (Å²) in [6.07, 6.45) is 2.95. The number of nitrogen functional groups attached to an aromatic ring is 2. The van der Waals surface area contributed by atoms with E-state index in [1.165, 1.54) is 12.7 Å². The van der Waals surface area contributed by atoms with Gasteiger partial charge in [0.05, 0.1) is 0 Å². The van der Waals surface area contributed by atoms with Crippen LogP contribution in [-0.2, 0) is 13.1 Å². The van der Waals surface area contributed by atoms with Crippen LogP contribution < -0.4 is 41.0 Å². The number of halogens is 1. The maximum Gasteiger partial charge on any atom is 0.231 e. The molecule has 2 aliphatic heterocycles. The molecule has 0 spiro atoms. The fraction of sp³-hybridized carbons (Fsp3) is 0.371.